The van der Waals surface area contributed by atoms with Crippen molar-refractivity contribution in [2.75, 3.05) is 7.11 Å². The van der Waals surface area contributed by atoms with Crippen molar-refractivity contribution >= 4 is 11.9 Å². The lowest BCUT2D eigenvalue weighted by Crippen LogP contribution is -2.43. The monoisotopic (exact) mass is 263 g/mol. The number of esters is 1. The van der Waals surface area contributed by atoms with Crippen LogP contribution in [0.1, 0.15) is 25.8 Å². The van der Waals surface area contributed by atoms with E-state index in [4.69, 9.17) is 0 Å². The van der Waals surface area contributed by atoms with Gasteiger partial charge in [0.1, 0.15) is 6.04 Å². The van der Waals surface area contributed by atoms with Gasteiger partial charge in [-0.2, -0.15) is 0 Å². The average Bonchev–Trinajstić information content (AvgIpc) is 2.44. The summed E-state index contributed by atoms with van der Waals surface area (Å²) in [5.41, 5.74) is 1.11. The highest BCUT2D eigenvalue weighted by molar-refractivity contribution is 5.85. The van der Waals surface area contributed by atoms with Gasteiger partial charge in [-0.25, -0.2) is 4.79 Å². The molecule has 4 heteroatoms. The van der Waals surface area contributed by atoms with Crippen molar-refractivity contribution in [3.05, 3.63) is 35.9 Å². The van der Waals surface area contributed by atoms with Crippen molar-refractivity contribution < 1.29 is 14.3 Å². The highest BCUT2D eigenvalue weighted by Gasteiger charge is 2.22. The Morgan fingerprint density at radius 2 is 1.89 bits per heavy atom. The quantitative estimate of drug-likeness (QED) is 0.798. The van der Waals surface area contributed by atoms with Crippen LogP contribution in [0.2, 0.25) is 0 Å². The maximum absolute atomic E-state index is 12.0. The number of hydrogen-bond acceptors (Lipinski definition) is 3. The molecule has 0 saturated carbocycles. The minimum Gasteiger partial charge on any atom is -0.467 e. The van der Waals surface area contributed by atoms with Crippen molar-refractivity contribution in [1.82, 2.24) is 5.32 Å². The van der Waals surface area contributed by atoms with Crippen molar-refractivity contribution in [3.8, 4) is 0 Å². The molecule has 0 radical (unpaired) electrons. The van der Waals surface area contributed by atoms with Gasteiger partial charge in [-0.1, -0.05) is 44.2 Å². The first kappa shape index (κ1) is 15.2. The average molecular weight is 263 g/mol. The van der Waals surface area contributed by atoms with Crippen LogP contribution in [0.3, 0.4) is 0 Å². The molecule has 0 aliphatic heterocycles. The van der Waals surface area contributed by atoms with E-state index in [1.165, 1.54) is 7.11 Å². The fraction of sp³-hybridized carbons (Fsp3) is 0.467. The van der Waals surface area contributed by atoms with Crippen LogP contribution >= 0.6 is 0 Å². The van der Waals surface area contributed by atoms with Gasteiger partial charge >= 0.3 is 5.97 Å². The summed E-state index contributed by atoms with van der Waals surface area (Å²) in [4.78, 5) is 23.4. The van der Waals surface area contributed by atoms with E-state index in [0.717, 1.165) is 5.56 Å². The van der Waals surface area contributed by atoms with Crippen LogP contribution in [-0.2, 0) is 20.7 Å². The number of amides is 1. The second kappa shape index (κ2) is 7.56. The molecule has 1 rings (SSSR count). The minimum absolute atomic E-state index is 0.124. The summed E-state index contributed by atoms with van der Waals surface area (Å²) in [6.45, 7) is 3.69. The second-order valence-corrected chi connectivity index (χ2v) is 4.58. The fourth-order valence-corrected chi connectivity index (χ4v) is 1.84. The Morgan fingerprint density at radius 3 is 2.42 bits per heavy atom. The van der Waals surface area contributed by atoms with E-state index < -0.39 is 12.0 Å². The second-order valence-electron chi connectivity index (χ2n) is 4.58. The zero-order chi connectivity index (χ0) is 14.3. The molecule has 0 fully saturated rings. The van der Waals surface area contributed by atoms with Crippen molar-refractivity contribution in [2.45, 2.75) is 32.7 Å². The predicted molar refractivity (Wildman–Crippen MR) is 73.5 cm³/mol. The summed E-state index contributed by atoms with van der Waals surface area (Å²) >= 11 is 0. The number of hydrogen-bond donors (Lipinski definition) is 1. The number of rotatable bonds is 6. The van der Waals surface area contributed by atoms with Crippen LogP contribution < -0.4 is 5.32 Å². The SMILES string of the molecule is CCC(NC(=O)C(C)Cc1ccccc1)C(=O)OC. The lowest BCUT2D eigenvalue weighted by molar-refractivity contribution is -0.145. The Bertz CT molecular complexity index is 417. The molecule has 4 nitrogen and oxygen atoms in total. The Kier molecular flexibility index (Phi) is 6.06. The highest BCUT2D eigenvalue weighted by atomic mass is 16.5. The van der Waals surface area contributed by atoms with Crippen molar-refractivity contribution in [1.29, 1.82) is 0 Å². The van der Waals surface area contributed by atoms with Gasteiger partial charge < -0.3 is 10.1 Å². The van der Waals surface area contributed by atoms with Crippen LogP contribution in [0, 0.1) is 5.92 Å². The van der Waals surface area contributed by atoms with E-state index >= 15 is 0 Å². The third-order valence-corrected chi connectivity index (χ3v) is 3.04. The largest absolute Gasteiger partial charge is 0.467 e. The molecule has 2 atom stereocenters. The number of ether oxygens (including phenoxy) is 1. The van der Waals surface area contributed by atoms with E-state index in [1.807, 2.05) is 44.2 Å². The highest BCUT2D eigenvalue weighted by Crippen LogP contribution is 2.09. The van der Waals surface area contributed by atoms with E-state index in [0.29, 0.717) is 12.8 Å². The fourth-order valence-electron chi connectivity index (χ4n) is 1.84. The molecule has 104 valence electrons. The summed E-state index contributed by atoms with van der Waals surface area (Å²) < 4.78 is 4.65. The number of carbonyl (C=O) groups excluding carboxylic acids is 2. The standard InChI is InChI=1S/C15H21NO3/c1-4-13(15(18)19-3)16-14(17)11(2)10-12-8-6-5-7-9-12/h5-9,11,13H,4,10H2,1-3H3,(H,16,17). The molecular formula is C15H21NO3. The zero-order valence-corrected chi connectivity index (χ0v) is 11.7. The maximum Gasteiger partial charge on any atom is 0.328 e. The van der Waals surface area contributed by atoms with Gasteiger partial charge in [-0.3, -0.25) is 4.79 Å². The van der Waals surface area contributed by atoms with Crippen LogP contribution in [-0.4, -0.2) is 25.0 Å². The number of carbonyl (C=O) groups is 2. The van der Waals surface area contributed by atoms with E-state index in [-0.39, 0.29) is 11.8 Å². The summed E-state index contributed by atoms with van der Waals surface area (Å²) in [7, 11) is 1.32. The molecule has 1 aromatic carbocycles. The van der Waals surface area contributed by atoms with Gasteiger partial charge in [0.05, 0.1) is 7.11 Å². The molecule has 1 N–H and O–H groups in total. The molecule has 0 aromatic heterocycles. The normalized spacial score (nSPS) is 13.4. The molecule has 0 aliphatic carbocycles. The molecular weight excluding hydrogens is 242 g/mol. The molecule has 1 aromatic rings. The predicted octanol–water partition coefficient (Wildman–Crippen LogP) is 1.93. The third-order valence-electron chi connectivity index (χ3n) is 3.04. The molecule has 19 heavy (non-hydrogen) atoms. The number of methoxy groups -OCH3 is 1. The van der Waals surface area contributed by atoms with E-state index in [2.05, 4.69) is 10.1 Å². The summed E-state index contributed by atoms with van der Waals surface area (Å²) in [5.74, 6) is -0.704. The first-order chi connectivity index (χ1) is 9.08. The molecule has 0 heterocycles. The first-order valence-electron chi connectivity index (χ1n) is 6.50. The molecule has 2 unspecified atom stereocenters. The lowest BCUT2D eigenvalue weighted by atomic mass is 10.00. The van der Waals surface area contributed by atoms with Crippen LogP contribution in [0.5, 0.6) is 0 Å². The van der Waals surface area contributed by atoms with Crippen LogP contribution in [0.4, 0.5) is 0 Å². The summed E-state index contributed by atoms with van der Waals surface area (Å²) in [6.07, 6.45) is 1.18. The van der Waals surface area contributed by atoms with Gasteiger partial charge in [0.25, 0.3) is 0 Å². The van der Waals surface area contributed by atoms with Crippen molar-refractivity contribution in [2.24, 2.45) is 5.92 Å². The van der Waals surface area contributed by atoms with E-state index in [1.54, 1.807) is 0 Å². The zero-order valence-electron chi connectivity index (χ0n) is 11.7. The Hall–Kier alpha value is -1.84. The van der Waals surface area contributed by atoms with E-state index in [9.17, 15) is 9.59 Å². The van der Waals surface area contributed by atoms with Crippen molar-refractivity contribution in [3.63, 3.8) is 0 Å². The topological polar surface area (TPSA) is 55.4 Å². The lowest BCUT2D eigenvalue weighted by Gasteiger charge is -2.18. The Morgan fingerprint density at radius 1 is 1.26 bits per heavy atom. The Balaban J connectivity index is 2.55. The smallest absolute Gasteiger partial charge is 0.328 e. The minimum atomic E-state index is -0.560. The first-order valence-corrected chi connectivity index (χ1v) is 6.50. The molecule has 1 amide bonds. The van der Waals surface area contributed by atoms with Gasteiger partial charge in [0.2, 0.25) is 5.91 Å². The van der Waals surface area contributed by atoms with Gasteiger partial charge in [0, 0.05) is 5.92 Å². The molecule has 0 spiro atoms. The van der Waals surface area contributed by atoms with Crippen LogP contribution in [0.25, 0.3) is 0 Å². The summed E-state index contributed by atoms with van der Waals surface area (Å²) in [5, 5.41) is 2.72. The number of benzene rings is 1. The maximum atomic E-state index is 12.0. The Labute approximate surface area is 114 Å². The number of nitrogens with one attached hydrogen (secondary N) is 1. The summed E-state index contributed by atoms with van der Waals surface area (Å²) in [6, 6.07) is 9.25. The van der Waals surface area contributed by atoms with Gasteiger partial charge in [-0.15, -0.1) is 0 Å². The van der Waals surface area contributed by atoms with Gasteiger partial charge in [0.15, 0.2) is 0 Å². The van der Waals surface area contributed by atoms with Gasteiger partial charge in [-0.05, 0) is 18.4 Å². The molecule has 0 bridgehead atoms. The molecule has 0 saturated heterocycles. The van der Waals surface area contributed by atoms with Crippen LogP contribution in [0.15, 0.2) is 30.3 Å². The third kappa shape index (κ3) is 4.73. The molecule has 0 aliphatic rings.